The van der Waals surface area contributed by atoms with Crippen LogP contribution >= 0.6 is 0 Å². The van der Waals surface area contributed by atoms with Crippen molar-refractivity contribution in [2.75, 3.05) is 39.3 Å². The van der Waals surface area contributed by atoms with Crippen LogP contribution in [-0.2, 0) is 10.2 Å². The third-order valence-electron chi connectivity index (χ3n) is 5.64. The molecule has 1 amide bonds. The van der Waals surface area contributed by atoms with Crippen molar-refractivity contribution in [3.05, 3.63) is 35.4 Å². The highest BCUT2D eigenvalue weighted by atomic mass is 16.2. The average Bonchev–Trinajstić information content (AvgIpc) is 3.09. The molecule has 2 aliphatic rings. The molecule has 0 aliphatic carbocycles. The fourth-order valence-electron chi connectivity index (χ4n) is 3.88. The van der Waals surface area contributed by atoms with Gasteiger partial charge in [-0.1, -0.05) is 43.7 Å². The lowest BCUT2D eigenvalue weighted by molar-refractivity contribution is -0.134. The third kappa shape index (κ3) is 3.98. The first kappa shape index (κ1) is 17.4. The average molecular weight is 329 g/mol. The van der Waals surface area contributed by atoms with Gasteiger partial charge in [-0.05, 0) is 30.9 Å². The Morgan fingerprint density at radius 1 is 1.17 bits per heavy atom. The molecule has 0 aromatic heterocycles. The Bertz CT molecular complexity index is 553. The van der Waals surface area contributed by atoms with Crippen LogP contribution < -0.4 is 5.32 Å². The Hall–Kier alpha value is -1.39. The molecule has 0 radical (unpaired) electrons. The predicted octanol–water partition coefficient (Wildman–Crippen LogP) is 2.17. The Morgan fingerprint density at radius 2 is 1.83 bits per heavy atom. The topological polar surface area (TPSA) is 35.6 Å². The van der Waals surface area contributed by atoms with E-state index < -0.39 is 0 Å². The maximum atomic E-state index is 12.8. The van der Waals surface area contributed by atoms with Gasteiger partial charge in [-0.15, -0.1) is 0 Å². The number of piperazine rings is 1. The van der Waals surface area contributed by atoms with E-state index in [9.17, 15) is 4.79 Å². The number of hydrogen-bond donors (Lipinski definition) is 1. The van der Waals surface area contributed by atoms with E-state index in [0.29, 0.717) is 18.4 Å². The molecule has 4 heteroatoms. The van der Waals surface area contributed by atoms with Gasteiger partial charge in [-0.25, -0.2) is 0 Å². The zero-order valence-corrected chi connectivity index (χ0v) is 15.3. The Labute approximate surface area is 146 Å². The molecule has 132 valence electrons. The second-order valence-electron chi connectivity index (χ2n) is 7.99. The van der Waals surface area contributed by atoms with Gasteiger partial charge in [0.2, 0.25) is 5.91 Å². The summed E-state index contributed by atoms with van der Waals surface area (Å²) in [4.78, 5) is 17.4. The lowest BCUT2D eigenvalue weighted by atomic mass is 9.81. The van der Waals surface area contributed by atoms with Crippen molar-refractivity contribution in [2.24, 2.45) is 0 Å². The van der Waals surface area contributed by atoms with Gasteiger partial charge in [0.05, 0.1) is 0 Å². The summed E-state index contributed by atoms with van der Waals surface area (Å²) in [6.07, 6.45) is 1.83. The molecule has 1 unspecified atom stereocenters. The van der Waals surface area contributed by atoms with Crippen LogP contribution in [0.1, 0.15) is 37.8 Å². The van der Waals surface area contributed by atoms with Crippen LogP contribution in [-0.4, -0.2) is 61.0 Å². The van der Waals surface area contributed by atoms with Crippen LogP contribution in [0.2, 0.25) is 0 Å². The van der Waals surface area contributed by atoms with Crippen molar-refractivity contribution in [2.45, 2.75) is 45.1 Å². The second-order valence-corrected chi connectivity index (χ2v) is 7.99. The maximum Gasteiger partial charge on any atom is 0.223 e. The van der Waals surface area contributed by atoms with Gasteiger partial charge in [-0.2, -0.15) is 0 Å². The van der Waals surface area contributed by atoms with Gasteiger partial charge < -0.3 is 10.2 Å². The van der Waals surface area contributed by atoms with E-state index in [2.05, 4.69) is 60.2 Å². The second kappa shape index (κ2) is 7.24. The lowest BCUT2D eigenvalue weighted by Gasteiger charge is -2.39. The molecule has 0 spiro atoms. The molecule has 0 saturated carbocycles. The monoisotopic (exact) mass is 329 g/mol. The zero-order chi connectivity index (χ0) is 17.2. The van der Waals surface area contributed by atoms with Crippen molar-refractivity contribution < 1.29 is 4.79 Å². The van der Waals surface area contributed by atoms with Gasteiger partial charge in [0.25, 0.3) is 0 Å². The molecule has 2 heterocycles. The van der Waals surface area contributed by atoms with E-state index in [1.165, 1.54) is 17.5 Å². The van der Waals surface area contributed by atoms with Crippen LogP contribution in [0.5, 0.6) is 0 Å². The summed E-state index contributed by atoms with van der Waals surface area (Å²) < 4.78 is 0. The summed E-state index contributed by atoms with van der Waals surface area (Å²) in [5.74, 6) is 0.296. The Balaban J connectivity index is 1.54. The van der Waals surface area contributed by atoms with Crippen molar-refractivity contribution >= 4 is 5.91 Å². The number of rotatable bonds is 4. The van der Waals surface area contributed by atoms with E-state index in [1.807, 2.05) is 0 Å². The van der Waals surface area contributed by atoms with Crippen LogP contribution in [0.3, 0.4) is 0 Å². The smallest absolute Gasteiger partial charge is 0.223 e. The zero-order valence-electron chi connectivity index (χ0n) is 15.3. The summed E-state index contributed by atoms with van der Waals surface area (Å²) in [5, 5.41) is 3.43. The molecule has 24 heavy (non-hydrogen) atoms. The Morgan fingerprint density at radius 3 is 2.42 bits per heavy atom. The van der Waals surface area contributed by atoms with Gasteiger partial charge in [-0.3, -0.25) is 9.69 Å². The van der Waals surface area contributed by atoms with E-state index in [0.717, 1.165) is 39.3 Å². The third-order valence-corrected chi connectivity index (χ3v) is 5.64. The minimum atomic E-state index is -0.114. The molecule has 2 fully saturated rings. The van der Waals surface area contributed by atoms with Crippen molar-refractivity contribution in [1.29, 1.82) is 0 Å². The number of carbonyl (C=O) groups is 1. The first-order chi connectivity index (χ1) is 11.5. The standard InChI is InChI=1S/C20H31N3O/c1-16-4-6-17(7-5-16)20(2,3)14-19(24)23-12-10-22(11-13-23)18-8-9-21-15-18/h4-7,18,21H,8-15H2,1-3H3. The highest BCUT2D eigenvalue weighted by Gasteiger charge is 2.31. The SMILES string of the molecule is Cc1ccc(C(C)(C)CC(=O)N2CCN(C3CCNC3)CC2)cc1. The minimum Gasteiger partial charge on any atom is -0.340 e. The van der Waals surface area contributed by atoms with Crippen LogP contribution in [0, 0.1) is 6.92 Å². The lowest BCUT2D eigenvalue weighted by Crippen LogP contribution is -2.53. The maximum absolute atomic E-state index is 12.8. The summed E-state index contributed by atoms with van der Waals surface area (Å²) >= 11 is 0. The van der Waals surface area contributed by atoms with Gasteiger partial charge in [0.15, 0.2) is 0 Å². The van der Waals surface area contributed by atoms with Gasteiger partial charge in [0, 0.05) is 45.2 Å². The summed E-state index contributed by atoms with van der Waals surface area (Å²) in [5.41, 5.74) is 2.40. The molecule has 3 rings (SSSR count). The normalized spacial score (nSPS) is 22.8. The summed E-state index contributed by atoms with van der Waals surface area (Å²) in [6, 6.07) is 9.26. The number of amides is 1. The first-order valence-corrected chi connectivity index (χ1v) is 9.25. The minimum absolute atomic E-state index is 0.114. The molecule has 1 N–H and O–H groups in total. The van der Waals surface area contributed by atoms with Crippen molar-refractivity contribution in [1.82, 2.24) is 15.1 Å². The molecule has 2 aliphatic heterocycles. The summed E-state index contributed by atoms with van der Waals surface area (Å²) in [7, 11) is 0. The number of carbonyl (C=O) groups excluding carboxylic acids is 1. The highest BCUT2D eigenvalue weighted by molar-refractivity contribution is 5.78. The molecule has 2 saturated heterocycles. The fraction of sp³-hybridized carbons (Fsp3) is 0.650. The van der Waals surface area contributed by atoms with Crippen molar-refractivity contribution in [3.8, 4) is 0 Å². The van der Waals surface area contributed by atoms with Crippen LogP contribution in [0.25, 0.3) is 0 Å². The fourth-order valence-corrected chi connectivity index (χ4v) is 3.88. The molecule has 0 bridgehead atoms. The predicted molar refractivity (Wildman–Crippen MR) is 98.2 cm³/mol. The molecule has 1 atom stereocenters. The number of benzene rings is 1. The van der Waals surface area contributed by atoms with E-state index in [4.69, 9.17) is 0 Å². The van der Waals surface area contributed by atoms with Gasteiger partial charge in [0.1, 0.15) is 0 Å². The Kier molecular flexibility index (Phi) is 5.26. The van der Waals surface area contributed by atoms with E-state index in [1.54, 1.807) is 0 Å². The summed E-state index contributed by atoms with van der Waals surface area (Å²) in [6.45, 7) is 12.5. The van der Waals surface area contributed by atoms with E-state index in [-0.39, 0.29) is 5.41 Å². The number of nitrogens with one attached hydrogen (secondary N) is 1. The number of nitrogens with zero attached hydrogens (tertiary/aromatic N) is 2. The molecular weight excluding hydrogens is 298 g/mol. The van der Waals surface area contributed by atoms with Crippen LogP contribution in [0.4, 0.5) is 0 Å². The molecule has 4 nitrogen and oxygen atoms in total. The number of aryl methyl sites for hydroxylation is 1. The largest absolute Gasteiger partial charge is 0.340 e. The molecule has 1 aromatic carbocycles. The number of hydrogen-bond acceptors (Lipinski definition) is 3. The van der Waals surface area contributed by atoms with E-state index >= 15 is 0 Å². The van der Waals surface area contributed by atoms with Gasteiger partial charge >= 0.3 is 0 Å². The van der Waals surface area contributed by atoms with Crippen molar-refractivity contribution in [3.63, 3.8) is 0 Å². The van der Waals surface area contributed by atoms with Crippen LogP contribution in [0.15, 0.2) is 24.3 Å². The first-order valence-electron chi connectivity index (χ1n) is 9.25. The highest BCUT2D eigenvalue weighted by Crippen LogP contribution is 2.28. The quantitative estimate of drug-likeness (QED) is 0.919. The molecular formula is C20H31N3O. The molecule has 1 aromatic rings.